The van der Waals surface area contributed by atoms with Crippen molar-refractivity contribution in [2.75, 3.05) is 0 Å². The first-order valence-corrected chi connectivity index (χ1v) is 7.28. The van der Waals surface area contributed by atoms with Gasteiger partial charge in [-0.1, -0.05) is 41.9 Å². The van der Waals surface area contributed by atoms with Gasteiger partial charge in [-0.2, -0.15) is 4.52 Å². The van der Waals surface area contributed by atoms with Crippen molar-refractivity contribution in [3.63, 3.8) is 0 Å². The first kappa shape index (κ1) is 13.0. The van der Waals surface area contributed by atoms with Gasteiger partial charge in [0.15, 0.2) is 0 Å². The molecule has 1 heterocycles. The molecule has 0 N–H and O–H groups in total. The van der Waals surface area contributed by atoms with Crippen molar-refractivity contribution in [3.8, 4) is 0 Å². The molecule has 0 amide bonds. The third kappa shape index (κ3) is 3.06. The number of benzene rings is 1. The summed E-state index contributed by atoms with van der Waals surface area (Å²) in [5.74, 6) is 1.39. The Hall–Kier alpha value is -0.440. The zero-order chi connectivity index (χ0) is 12.5. The summed E-state index contributed by atoms with van der Waals surface area (Å²) >= 11 is 5.95. The number of rotatable bonds is 3. The standard InChI is InChI=1S/C12H14ClO3P/c1-12(2)11(13)9-17(14,16-12)15-8-10-6-4-3-5-7-10/h3-7,9H,8H2,1-2H3. The van der Waals surface area contributed by atoms with Crippen molar-refractivity contribution in [1.29, 1.82) is 0 Å². The van der Waals surface area contributed by atoms with E-state index in [1.807, 2.05) is 30.3 Å². The fraction of sp³-hybridized carbons (Fsp3) is 0.333. The van der Waals surface area contributed by atoms with Gasteiger partial charge in [-0.25, -0.2) is 4.52 Å². The number of halogens is 1. The molecular formula is C12H14ClO3P. The summed E-state index contributed by atoms with van der Waals surface area (Å²) in [6.45, 7) is 3.77. The quantitative estimate of drug-likeness (QED) is 0.794. The fourth-order valence-electron chi connectivity index (χ4n) is 1.48. The van der Waals surface area contributed by atoms with E-state index in [1.165, 1.54) is 5.82 Å². The van der Waals surface area contributed by atoms with Crippen LogP contribution in [0.5, 0.6) is 0 Å². The van der Waals surface area contributed by atoms with Gasteiger partial charge in [0.05, 0.1) is 5.03 Å². The molecule has 0 aliphatic carbocycles. The molecule has 1 aliphatic heterocycles. The Kier molecular flexibility index (Phi) is 3.58. The molecule has 0 fully saturated rings. The minimum absolute atomic E-state index is 0.245. The Balaban J connectivity index is 2.01. The van der Waals surface area contributed by atoms with Gasteiger partial charge in [-0.05, 0) is 19.4 Å². The summed E-state index contributed by atoms with van der Waals surface area (Å²) in [6, 6.07) is 9.52. The zero-order valence-corrected chi connectivity index (χ0v) is 11.4. The average molecular weight is 273 g/mol. The van der Waals surface area contributed by atoms with Crippen molar-refractivity contribution >= 4 is 19.5 Å². The molecule has 0 aromatic heterocycles. The van der Waals surface area contributed by atoms with Crippen LogP contribution in [-0.4, -0.2) is 5.60 Å². The van der Waals surface area contributed by atoms with Crippen LogP contribution in [0.25, 0.3) is 0 Å². The molecule has 1 unspecified atom stereocenters. The second kappa shape index (κ2) is 4.68. The lowest BCUT2D eigenvalue weighted by atomic mass is 10.1. The molecule has 92 valence electrons. The minimum Gasteiger partial charge on any atom is -0.627 e. The highest BCUT2D eigenvalue weighted by molar-refractivity contribution is 7.62. The molecular weight excluding hydrogens is 259 g/mol. The van der Waals surface area contributed by atoms with Gasteiger partial charge in [-0.3, -0.25) is 0 Å². The van der Waals surface area contributed by atoms with E-state index in [9.17, 15) is 4.89 Å². The maximum absolute atomic E-state index is 12.2. The average Bonchev–Trinajstić information content (AvgIpc) is 2.47. The molecule has 3 nitrogen and oxygen atoms in total. The summed E-state index contributed by atoms with van der Waals surface area (Å²) in [4.78, 5) is 12.2. The van der Waals surface area contributed by atoms with Crippen LogP contribution < -0.4 is 4.89 Å². The molecule has 1 aliphatic rings. The van der Waals surface area contributed by atoms with E-state index in [0.29, 0.717) is 5.03 Å². The predicted molar refractivity (Wildman–Crippen MR) is 67.3 cm³/mol. The lowest BCUT2D eigenvalue weighted by Crippen LogP contribution is -2.23. The predicted octanol–water partition coefficient (Wildman–Crippen LogP) is 3.22. The van der Waals surface area contributed by atoms with Gasteiger partial charge in [0, 0.05) is 0 Å². The smallest absolute Gasteiger partial charge is 0.267 e. The largest absolute Gasteiger partial charge is 0.627 e. The highest BCUT2D eigenvalue weighted by atomic mass is 35.5. The van der Waals surface area contributed by atoms with E-state index in [1.54, 1.807) is 13.8 Å². The van der Waals surface area contributed by atoms with E-state index in [4.69, 9.17) is 20.6 Å². The van der Waals surface area contributed by atoms with Crippen LogP contribution in [-0.2, 0) is 15.7 Å². The fourth-order valence-corrected chi connectivity index (χ4v) is 3.77. The molecule has 0 saturated heterocycles. The maximum atomic E-state index is 12.2. The Morgan fingerprint density at radius 1 is 1.35 bits per heavy atom. The number of hydrogen-bond acceptors (Lipinski definition) is 3. The summed E-state index contributed by atoms with van der Waals surface area (Å²) in [6.07, 6.45) is 0. The molecule has 0 saturated carbocycles. The van der Waals surface area contributed by atoms with E-state index in [2.05, 4.69) is 0 Å². The van der Waals surface area contributed by atoms with Crippen LogP contribution in [0.15, 0.2) is 41.2 Å². The molecule has 0 bridgehead atoms. The summed E-state index contributed by atoms with van der Waals surface area (Å²) < 4.78 is 10.7. The molecule has 1 aromatic rings. The first-order valence-electron chi connectivity index (χ1n) is 5.29. The SMILES string of the molecule is CC1(C)O[P+]([O-])(OCc2ccccc2)C=C1Cl. The van der Waals surface area contributed by atoms with E-state index in [0.717, 1.165) is 5.56 Å². The summed E-state index contributed by atoms with van der Waals surface area (Å²) in [7, 11) is -3.21. The Labute approximate surface area is 107 Å². The maximum Gasteiger partial charge on any atom is 0.267 e. The highest BCUT2D eigenvalue weighted by Crippen LogP contribution is 2.65. The van der Waals surface area contributed by atoms with Gasteiger partial charge in [0.1, 0.15) is 18.0 Å². The molecule has 1 atom stereocenters. The normalized spacial score (nSPS) is 26.9. The monoisotopic (exact) mass is 272 g/mol. The molecule has 5 heteroatoms. The van der Waals surface area contributed by atoms with Crippen LogP contribution in [0.4, 0.5) is 0 Å². The van der Waals surface area contributed by atoms with Crippen LogP contribution in [0.1, 0.15) is 19.4 Å². The lowest BCUT2D eigenvalue weighted by Gasteiger charge is -2.24. The Morgan fingerprint density at radius 3 is 2.53 bits per heavy atom. The van der Waals surface area contributed by atoms with Gasteiger partial charge in [0.2, 0.25) is 0 Å². The summed E-state index contributed by atoms with van der Waals surface area (Å²) in [5, 5.41) is 0.425. The third-order valence-corrected chi connectivity index (χ3v) is 4.95. The van der Waals surface area contributed by atoms with E-state index < -0.39 is 13.5 Å². The van der Waals surface area contributed by atoms with Crippen molar-refractivity contribution in [2.45, 2.75) is 26.1 Å². The van der Waals surface area contributed by atoms with Crippen LogP contribution in [0.2, 0.25) is 0 Å². The van der Waals surface area contributed by atoms with Crippen LogP contribution in [0.3, 0.4) is 0 Å². The Morgan fingerprint density at radius 2 is 2.00 bits per heavy atom. The molecule has 0 spiro atoms. The van der Waals surface area contributed by atoms with Gasteiger partial charge < -0.3 is 4.89 Å². The minimum atomic E-state index is -3.21. The third-order valence-electron chi connectivity index (χ3n) is 2.46. The van der Waals surface area contributed by atoms with Crippen molar-refractivity contribution < 1.29 is 13.9 Å². The van der Waals surface area contributed by atoms with E-state index >= 15 is 0 Å². The van der Waals surface area contributed by atoms with E-state index in [-0.39, 0.29) is 6.61 Å². The van der Waals surface area contributed by atoms with Crippen molar-refractivity contribution in [1.82, 2.24) is 0 Å². The van der Waals surface area contributed by atoms with Crippen molar-refractivity contribution in [2.24, 2.45) is 0 Å². The molecule has 17 heavy (non-hydrogen) atoms. The van der Waals surface area contributed by atoms with Gasteiger partial charge in [-0.15, -0.1) is 0 Å². The van der Waals surface area contributed by atoms with Crippen LogP contribution >= 0.6 is 19.5 Å². The first-order chi connectivity index (χ1) is 7.91. The van der Waals surface area contributed by atoms with Crippen molar-refractivity contribution in [3.05, 3.63) is 46.7 Å². The second-order valence-electron chi connectivity index (χ2n) is 4.38. The molecule has 2 rings (SSSR count). The Bertz CT molecular complexity index is 433. The molecule has 1 aromatic carbocycles. The second-order valence-corrected chi connectivity index (χ2v) is 6.56. The highest BCUT2D eigenvalue weighted by Gasteiger charge is 2.47. The van der Waals surface area contributed by atoms with Crippen LogP contribution in [0, 0.1) is 0 Å². The topological polar surface area (TPSA) is 41.5 Å². The number of hydrogen-bond donors (Lipinski definition) is 0. The van der Waals surface area contributed by atoms with Gasteiger partial charge >= 0.3 is 0 Å². The summed E-state index contributed by atoms with van der Waals surface area (Å²) in [5.41, 5.74) is 0.217. The lowest BCUT2D eigenvalue weighted by molar-refractivity contribution is -0.219. The zero-order valence-electron chi connectivity index (χ0n) is 9.72. The molecule has 0 radical (unpaired) electrons. The van der Waals surface area contributed by atoms with Gasteiger partial charge in [0.25, 0.3) is 7.94 Å².